The Morgan fingerprint density at radius 2 is 1.74 bits per heavy atom. The molecule has 0 spiro atoms. The number of rotatable bonds is 6. The number of carboxylic acids is 1. The molecular formula is C14H19NO4. The van der Waals surface area contributed by atoms with Gasteiger partial charge in [-0.05, 0) is 24.0 Å². The van der Waals surface area contributed by atoms with E-state index >= 15 is 0 Å². The SMILES string of the molecule is CCc1ccc(CC(NC(C)=O)C(O)C(=O)O)cc1. The third-order valence-electron chi connectivity index (χ3n) is 2.91. The second-order valence-corrected chi connectivity index (χ2v) is 4.46. The molecule has 1 amide bonds. The van der Waals surface area contributed by atoms with Crippen LogP contribution in [0.15, 0.2) is 24.3 Å². The quantitative estimate of drug-likeness (QED) is 0.708. The monoisotopic (exact) mass is 265 g/mol. The minimum Gasteiger partial charge on any atom is -0.479 e. The molecule has 1 aromatic rings. The van der Waals surface area contributed by atoms with Gasteiger partial charge in [0.05, 0.1) is 6.04 Å². The molecule has 0 aliphatic rings. The molecular weight excluding hydrogens is 246 g/mol. The lowest BCUT2D eigenvalue weighted by Crippen LogP contribution is -2.47. The molecule has 2 unspecified atom stereocenters. The first kappa shape index (κ1) is 15.2. The number of nitrogens with one attached hydrogen (secondary N) is 1. The molecule has 0 saturated carbocycles. The summed E-state index contributed by atoms with van der Waals surface area (Å²) in [4.78, 5) is 21.9. The largest absolute Gasteiger partial charge is 0.479 e. The number of amides is 1. The topological polar surface area (TPSA) is 86.6 Å². The van der Waals surface area contributed by atoms with E-state index in [1.165, 1.54) is 12.5 Å². The number of aliphatic hydroxyl groups excluding tert-OH is 1. The van der Waals surface area contributed by atoms with E-state index in [0.29, 0.717) is 0 Å². The Balaban J connectivity index is 2.80. The normalized spacial score (nSPS) is 13.6. The summed E-state index contributed by atoms with van der Waals surface area (Å²) in [6.07, 6.45) is -0.417. The van der Waals surface area contributed by atoms with Crippen LogP contribution in [0.25, 0.3) is 0 Å². The number of hydrogen-bond acceptors (Lipinski definition) is 3. The lowest BCUT2D eigenvalue weighted by molar-refractivity contribution is -0.148. The fourth-order valence-electron chi connectivity index (χ4n) is 1.84. The molecule has 0 saturated heterocycles. The van der Waals surface area contributed by atoms with Crippen LogP contribution in [0.4, 0.5) is 0 Å². The van der Waals surface area contributed by atoms with E-state index in [-0.39, 0.29) is 12.3 Å². The van der Waals surface area contributed by atoms with Crippen molar-refractivity contribution in [2.45, 2.75) is 38.8 Å². The zero-order valence-electron chi connectivity index (χ0n) is 11.1. The van der Waals surface area contributed by atoms with Gasteiger partial charge in [0.25, 0.3) is 0 Å². The van der Waals surface area contributed by atoms with Gasteiger partial charge in [-0.1, -0.05) is 31.2 Å². The fourth-order valence-corrected chi connectivity index (χ4v) is 1.84. The molecule has 0 heterocycles. The summed E-state index contributed by atoms with van der Waals surface area (Å²) >= 11 is 0. The Labute approximate surface area is 112 Å². The Morgan fingerprint density at radius 1 is 1.21 bits per heavy atom. The predicted molar refractivity (Wildman–Crippen MR) is 70.8 cm³/mol. The minimum absolute atomic E-state index is 0.275. The first-order valence-corrected chi connectivity index (χ1v) is 6.19. The summed E-state index contributed by atoms with van der Waals surface area (Å²) in [5, 5.41) is 20.9. The number of carboxylic acid groups (broad SMARTS) is 1. The number of carbonyl (C=O) groups excluding carboxylic acids is 1. The van der Waals surface area contributed by atoms with Gasteiger partial charge in [0.1, 0.15) is 0 Å². The number of carbonyl (C=O) groups is 2. The molecule has 104 valence electrons. The molecule has 1 rings (SSSR count). The van der Waals surface area contributed by atoms with Crippen molar-refractivity contribution in [1.29, 1.82) is 0 Å². The fraction of sp³-hybridized carbons (Fsp3) is 0.429. The highest BCUT2D eigenvalue weighted by molar-refractivity contribution is 5.77. The van der Waals surface area contributed by atoms with Gasteiger partial charge >= 0.3 is 5.97 Å². The van der Waals surface area contributed by atoms with Crippen molar-refractivity contribution in [3.63, 3.8) is 0 Å². The van der Waals surface area contributed by atoms with E-state index in [1.54, 1.807) is 0 Å². The highest BCUT2D eigenvalue weighted by atomic mass is 16.4. The molecule has 0 aromatic heterocycles. The summed E-state index contributed by atoms with van der Waals surface area (Å²) in [5.41, 5.74) is 2.05. The van der Waals surface area contributed by atoms with Gasteiger partial charge < -0.3 is 15.5 Å². The molecule has 0 fully saturated rings. The van der Waals surface area contributed by atoms with Crippen LogP contribution in [-0.4, -0.2) is 34.2 Å². The molecule has 0 bridgehead atoms. The van der Waals surface area contributed by atoms with Crippen LogP contribution in [0.1, 0.15) is 25.0 Å². The van der Waals surface area contributed by atoms with Crippen LogP contribution >= 0.6 is 0 Å². The Hall–Kier alpha value is -1.88. The highest BCUT2D eigenvalue weighted by Crippen LogP contribution is 2.10. The first-order valence-electron chi connectivity index (χ1n) is 6.19. The van der Waals surface area contributed by atoms with Gasteiger partial charge in [0, 0.05) is 6.92 Å². The lowest BCUT2D eigenvalue weighted by atomic mass is 9.99. The summed E-state index contributed by atoms with van der Waals surface area (Å²) < 4.78 is 0. The predicted octanol–water partition coefficient (Wildman–Crippen LogP) is 0.742. The van der Waals surface area contributed by atoms with Gasteiger partial charge in [-0.2, -0.15) is 0 Å². The maximum Gasteiger partial charge on any atom is 0.334 e. The van der Waals surface area contributed by atoms with Gasteiger partial charge in [-0.3, -0.25) is 4.79 Å². The number of aliphatic hydroxyl groups is 1. The molecule has 5 heteroatoms. The van der Waals surface area contributed by atoms with E-state index in [2.05, 4.69) is 5.32 Å². The Kier molecular flexibility index (Phi) is 5.51. The lowest BCUT2D eigenvalue weighted by Gasteiger charge is -2.20. The highest BCUT2D eigenvalue weighted by Gasteiger charge is 2.26. The Morgan fingerprint density at radius 3 is 2.16 bits per heavy atom. The number of hydrogen-bond donors (Lipinski definition) is 3. The minimum atomic E-state index is -1.62. The van der Waals surface area contributed by atoms with Crippen molar-refractivity contribution in [1.82, 2.24) is 5.32 Å². The van der Waals surface area contributed by atoms with Gasteiger partial charge in [0.15, 0.2) is 6.10 Å². The second-order valence-electron chi connectivity index (χ2n) is 4.46. The summed E-state index contributed by atoms with van der Waals surface area (Å²) in [6.45, 7) is 3.34. The van der Waals surface area contributed by atoms with Crippen LogP contribution in [0.3, 0.4) is 0 Å². The van der Waals surface area contributed by atoms with Crippen molar-refractivity contribution < 1.29 is 19.8 Å². The zero-order valence-corrected chi connectivity index (χ0v) is 11.1. The Bertz CT molecular complexity index is 441. The molecule has 0 aliphatic carbocycles. The molecule has 2 atom stereocenters. The molecule has 19 heavy (non-hydrogen) atoms. The maximum absolute atomic E-state index is 11.1. The van der Waals surface area contributed by atoms with Crippen LogP contribution in [-0.2, 0) is 22.4 Å². The average Bonchev–Trinajstić information content (AvgIpc) is 2.37. The van der Waals surface area contributed by atoms with Crippen LogP contribution in [0.5, 0.6) is 0 Å². The standard InChI is InChI=1S/C14H19NO4/c1-3-10-4-6-11(7-5-10)8-12(15-9(2)16)13(17)14(18)19/h4-7,12-13,17H,3,8H2,1-2H3,(H,15,16)(H,18,19). The third-order valence-corrected chi connectivity index (χ3v) is 2.91. The second kappa shape index (κ2) is 6.89. The maximum atomic E-state index is 11.1. The van der Waals surface area contributed by atoms with Crippen LogP contribution in [0, 0.1) is 0 Å². The van der Waals surface area contributed by atoms with Gasteiger partial charge in [-0.15, -0.1) is 0 Å². The summed E-state index contributed by atoms with van der Waals surface area (Å²) in [7, 11) is 0. The van der Waals surface area contributed by atoms with Crippen molar-refractivity contribution >= 4 is 11.9 Å². The molecule has 1 aromatic carbocycles. The molecule has 5 nitrogen and oxygen atoms in total. The van der Waals surface area contributed by atoms with Crippen molar-refractivity contribution in [3.05, 3.63) is 35.4 Å². The first-order chi connectivity index (χ1) is 8.93. The van der Waals surface area contributed by atoms with E-state index < -0.39 is 18.1 Å². The number of benzene rings is 1. The van der Waals surface area contributed by atoms with Crippen molar-refractivity contribution in [3.8, 4) is 0 Å². The molecule has 0 radical (unpaired) electrons. The summed E-state index contributed by atoms with van der Waals surface area (Å²) in [6, 6.07) is 6.83. The smallest absolute Gasteiger partial charge is 0.334 e. The number of aliphatic carboxylic acids is 1. The molecule has 0 aliphatic heterocycles. The molecule has 3 N–H and O–H groups in total. The van der Waals surface area contributed by atoms with Crippen LogP contribution < -0.4 is 5.32 Å². The third kappa shape index (κ3) is 4.71. The van der Waals surface area contributed by atoms with E-state index in [0.717, 1.165) is 12.0 Å². The van der Waals surface area contributed by atoms with Crippen molar-refractivity contribution in [2.24, 2.45) is 0 Å². The summed E-state index contributed by atoms with van der Waals surface area (Å²) in [5.74, 6) is -1.71. The zero-order chi connectivity index (χ0) is 14.4. The van der Waals surface area contributed by atoms with Gasteiger partial charge in [0.2, 0.25) is 5.91 Å². The van der Waals surface area contributed by atoms with E-state index in [1.807, 2.05) is 31.2 Å². The van der Waals surface area contributed by atoms with Gasteiger partial charge in [-0.25, -0.2) is 4.79 Å². The van der Waals surface area contributed by atoms with E-state index in [4.69, 9.17) is 5.11 Å². The van der Waals surface area contributed by atoms with E-state index in [9.17, 15) is 14.7 Å². The average molecular weight is 265 g/mol. The number of aryl methyl sites for hydroxylation is 1. The van der Waals surface area contributed by atoms with Crippen LogP contribution in [0.2, 0.25) is 0 Å². The van der Waals surface area contributed by atoms with Crippen molar-refractivity contribution in [2.75, 3.05) is 0 Å².